The molecule has 0 unspecified atom stereocenters. The zero-order valence-corrected chi connectivity index (χ0v) is 21.6. The normalized spacial score (nSPS) is 23.9. The summed E-state index contributed by atoms with van der Waals surface area (Å²) in [6.45, 7) is 13.7. The number of aromatic nitrogens is 3. The topological polar surface area (TPSA) is 98.1 Å². The predicted molar refractivity (Wildman–Crippen MR) is 134 cm³/mol. The maximum Gasteiger partial charge on any atom is 0.288 e. The third-order valence-electron chi connectivity index (χ3n) is 7.68. The number of pyridine rings is 1. The highest BCUT2D eigenvalue weighted by atomic mass is 35.5. The first-order chi connectivity index (χ1) is 16.1. The molecule has 4 atom stereocenters. The van der Waals surface area contributed by atoms with Gasteiger partial charge in [0.2, 0.25) is 5.91 Å². The van der Waals surface area contributed by atoms with E-state index in [4.69, 9.17) is 16.3 Å². The van der Waals surface area contributed by atoms with Gasteiger partial charge in [0.25, 0.3) is 11.4 Å². The summed E-state index contributed by atoms with van der Waals surface area (Å²) in [5, 5.41) is 10.6. The number of amides is 1. The van der Waals surface area contributed by atoms with Crippen LogP contribution < -0.4 is 20.9 Å². The van der Waals surface area contributed by atoms with E-state index >= 15 is 0 Å². The number of halogens is 1. The lowest BCUT2D eigenvalue weighted by Gasteiger charge is -2.50. The second-order valence-electron chi connectivity index (χ2n) is 9.88. The van der Waals surface area contributed by atoms with Crippen molar-refractivity contribution in [3.63, 3.8) is 0 Å². The highest BCUT2D eigenvalue weighted by molar-refractivity contribution is 6.33. The van der Waals surface area contributed by atoms with E-state index < -0.39 is 5.56 Å². The predicted octanol–water partition coefficient (Wildman–Crippen LogP) is 4.13. The van der Waals surface area contributed by atoms with Crippen LogP contribution in [0.25, 0.3) is 0 Å². The molecule has 0 spiro atoms. The molecular formula is C25H36ClN5O3. The number of hydrogen-bond acceptors (Lipinski definition) is 6. The zero-order valence-electron chi connectivity index (χ0n) is 20.9. The van der Waals surface area contributed by atoms with Gasteiger partial charge in [-0.3, -0.25) is 14.6 Å². The summed E-state index contributed by atoms with van der Waals surface area (Å²) in [6, 6.07) is 3.74. The molecule has 1 saturated carbocycles. The maximum atomic E-state index is 13.0. The van der Waals surface area contributed by atoms with E-state index in [2.05, 4.69) is 55.3 Å². The Balaban J connectivity index is 1.81. The maximum absolute atomic E-state index is 13.0. The number of rotatable bonds is 8. The van der Waals surface area contributed by atoms with Gasteiger partial charge in [-0.15, -0.1) is 5.10 Å². The lowest BCUT2D eigenvalue weighted by atomic mass is 9.58. The van der Waals surface area contributed by atoms with Crippen LogP contribution in [0, 0.1) is 23.2 Å². The molecule has 1 amide bonds. The van der Waals surface area contributed by atoms with Crippen LogP contribution in [0.5, 0.6) is 5.88 Å². The Kier molecular flexibility index (Phi) is 8.23. The minimum atomic E-state index is -0.531. The molecule has 186 valence electrons. The largest absolute Gasteiger partial charge is 0.475 e. The van der Waals surface area contributed by atoms with Gasteiger partial charge in [-0.1, -0.05) is 46.2 Å². The monoisotopic (exact) mass is 489 g/mol. The Morgan fingerprint density at radius 3 is 2.59 bits per heavy atom. The molecule has 0 aliphatic heterocycles. The van der Waals surface area contributed by atoms with Crippen molar-refractivity contribution < 1.29 is 9.53 Å². The number of carbonyl (C=O) groups excluding carboxylic acids is 1. The Bertz CT molecular complexity index is 1060. The van der Waals surface area contributed by atoms with Crippen molar-refractivity contribution in [3.8, 4) is 5.88 Å². The molecule has 2 aromatic heterocycles. The first kappa shape index (κ1) is 26.0. The van der Waals surface area contributed by atoms with E-state index in [9.17, 15) is 9.59 Å². The zero-order chi connectivity index (χ0) is 25.0. The van der Waals surface area contributed by atoms with Crippen molar-refractivity contribution >= 4 is 23.2 Å². The molecule has 3 rings (SSSR count). The van der Waals surface area contributed by atoms with Crippen molar-refractivity contribution in [2.24, 2.45) is 23.2 Å². The van der Waals surface area contributed by atoms with Gasteiger partial charge in [0, 0.05) is 25.0 Å². The number of hydrogen-bond donors (Lipinski definition) is 2. The Morgan fingerprint density at radius 2 is 1.94 bits per heavy atom. The van der Waals surface area contributed by atoms with Gasteiger partial charge in [-0.2, -0.15) is 0 Å². The lowest BCUT2D eigenvalue weighted by molar-refractivity contribution is -0.122. The highest BCUT2D eigenvalue weighted by Crippen LogP contribution is 2.48. The van der Waals surface area contributed by atoms with Crippen LogP contribution >= 0.6 is 11.6 Å². The van der Waals surface area contributed by atoms with Crippen LogP contribution in [0.1, 0.15) is 53.5 Å². The minimum absolute atomic E-state index is 0.0160. The average molecular weight is 490 g/mol. The third-order valence-corrected chi connectivity index (χ3v) is 8.04. The molecule has 2 N–H and O–H groups in total. The summed E-state index contributed by atoms with van der Waals surface area (Å²) in [4.78, 5) is 29.4. The van der Waals surface area contributed by atoms with Gasteiger partial charge in [-0.25, -0.2) is 4.68 Å². The van der Waals surface area contributed by atoms with Crippen LogP contribution in [0.2, 0.25) is 5.02 Å². The first-order valence-electron chi connectivity index (χ1n) is 11.9. The number of ether oxygens (including phenoxy) is 1. The fourth-order valence-corrected chi connectivity index (χ4v) is 4.87. The molecule has 0 saturated heterocycles. The summed E-state index contributed by atoms with van der Waals surface area (Å²) in [5.41, 5.74) is 0.994. The molecule has 1 aliphatic carbocycles. The second kappa shape index (κ2) is 10.8. The summed E-state index contributed by atoms with van der Waals surface area (Å²) in [6.07, 6.45) is 4.26. The molecule has 2 aromatic rings. The Morgan fingerprint density at radius 1 is 1.26 bits per heavy atom. The summed E-state index contributed by atoms with van der Waals surface area (Å²) in [7, 11) is 0. The van der Waals surface area contributed by atoms with E-state index in [0.29, 0.717) is 36.6 Å². The van der Waals surface area contributed by atoms with Crippen molar-refractivity contribution in [2.75, 3.05) is 11.9 Å². The Labute approximate surface area is 206 Å². The molecule has 0 aromatic carbocycles. The van der Waals surface area contributed by atoms with E-state index in [0.717, 1.165) is 16.7 Å². The van der Waals surface area contributed by atoms with Crippen molar-refractivity contribution in [2.45, 2.75) is 67.1 Å². The molecule has 0 radical (unpaired) electrons. The van der Waals surface area contributed by atoms with Crippen molar-refractivity contribution in [1.29, 1.82) is 0 Å². The van der Waals surface area contributed by atoms with Crippen molar-refractivity contribution in [1.82, 2.24) is 20.1 Å². The number of nitrogens with one attached hydrogen (secondary N) is 2. The van der Waals surface area contributed by atoms with E-state index in [1.165, 1.54) is 0 Å². The first-order valence-corrected chi connectivity index (χ1v) is 12.3. The van der Waals surface area contributed by atoms with E-state index in [1.807, 2.05) is 19.1 Å². The molecule has 8 nitrogen and oxygen atoms in total. The van der Waals surface area contributed by atoms with Gasteiger partial charge in [0.1, 0.15) is 17.3 Å². The van der Waals surface area contributed by atoms with Crippen molar-refractivity contribution in [3.05, 3.63) is 45.5 Å². The summed E-state index contributed by atoms with van der Waals surface area (Å²) in [5.74, 6) is 1.20. The molecule has 1 fully saturated rings. The van der Waals surface area contributed by atoms with Gasteiger partial charge in [-0.05, 0) is 54.2 Å². The molecule has 1 aliphatic rings. The lowest BCUT2D eigenvalue weighted by Crippen LogP contribution is -2.48. The van der Waals surface area contributed by atoms with Gasteiger partial charge in [0.15, 0.2) is 0 Å². The van der Waals surface area contributed by atoms with Crippen LogP contribution in [0.3, 0.4) is 0 Å². The average Bonchev–Trinajstić information content (AvgIpc) is 2.81. The quantitative estimate of drug-likeness (QED) is 0.578. The standard InChI is InChI=1S/C25H36ClN5O3/c1-7-34-23-22(29-19-12-15(2)25(5,6)17(4)16(19)3)21(26)24(33)31(30-23)14-20(32)28-13-18-8-10-27-11-9-18/h8-11,15-17,19,29H,7,12-14H2,1-6H3,(H,28,32)/t15-,16+,17+,19+/m0/s1. The second-order valence-corrected chi connectivity index (χ2v) is 10.3. The van der Waals surface area contributed by atoms with Crippen LogP contribution in [0.15, 0.2) is 29.3 Å². The van der Waals surface area contributed by atoms with Crippen LogP contribution in [-0.2, 0) is 17.9 Å². The molecule has 34 heavy (non-hydrogen) atoms. The van der Waals surface area contributed by atoms with Crippen LogP contribution in [0.4, 0.5) is 5.69 Å². The summed E-state index contributed by atoms with van der Waals surface area (Å²) < 4.78 is 6.79. The van der Waals surface area contributed by atoms with E-state index in [1.54, 1.807) is 12.4 Å². The Hall–Kier alpha value is -2.61. The van der Waals surface area contributed by atoms with Gasteiger partial charge in [0.05, 0.1) is 6.61 Å². The van der Waals surface area contributed by atoms with E-state index in [-0.39, 0.29) is 34.8 Å². The number of anilines is 1. The summed E-state index contributed by atoms with van der Waals surface area (Å²) >= 11 is 6.54. The minimum Gasteiger partial charge on any atom is -0.475 e. The molecule has 0 bridgehead atoms. The SMILES string of the molecule is CCOc1nn(CC(=O)NCc2ccncc2)c(=O)c(Cl)c1N[C@@H]1C[C@H](C)C(C)(C)[C@H](C)[C@H]1C. The van der Waals surface area contributed by atoms with Gasteiger partial charge < -0.3 is 15.4 Å². The molecular weight excluding hydrogens is 454 g/mol. The fraction of sp³-hybridized carbons (Fsp3) is 0.600. The molecule has 2 heterocycles. The molecule has 9 heteroatoms. The third kappa shape index (κ3) is 5.54. The fourth-order valence-electron chi connectivity index (χ4n) is 4.63. The highest BCUT2D eigenvalue weighted by Gasteiger charge is 2.44. The van der Waals surface area contributed by atoms with Gasteiger partial charge >= 0.3 is 0 Å². The smallest absolute Gasteiger partial charge is 0.288 e. The number of carbonyl (C=O) groups is 1. The number of nitrogens with zero attached hydrogens (tertiary/aromatic N) is 3. The van der Waals surface area contributed by atoms with Crippen LogP contribution in [-0.4, -0.2) is 33.3 Å².